The van der Waals surface area contributed by atoms with Crippen LogP contribution in [0.2, 0.25) is 0 Å². The maximum atomic E-state index is 13.0. The number of thiophene rings is 1. The molecule has 3 N–H and O–H groups in total. The number of nitrogens with zero attached hydrogens (tertiary/aromatic N) is 1. The molecule has 2 aliphatic rings. The number of primary amides is 1. The zero-order valence-corrected chi connectivity index (χ0v) is 16.6. The van der Waals surface area contributed by atoms with Crippen LogP contribution in [0, 0.1) is 0 Å². The lowest BCUT2D eigenvalue weighted by Crippen LogP contribution is -2.29. The van der Waals surface area contributed by atoms with Crippen molar-refractivity contribution in [2.45, 2.75) is 30.6 Å². The van der Waals surface area contributed by atoms with Gasteiger partial charge in [0.1, 0.15) is 17.4 Å². The predicted molar refractivity (Wildman–Crippen MR) is 105 cm³/mol. The molecule has 144 valence electrons. The van der Waals surface area contributed by atoms with Crippen molar-refractivity contribution in [1.29, 1.82) is 0 Å². The number of aryl methyl sites for hydroxylation is 1. The number of nitrogens with two attached hydrogens (primary N) is 1. The number of nitrogens with one attached hydrogen (secondary N) is 1. The van der Waals surface area contributed by atoms with Crippen LogP contribution in [-0.4, -0.2) is 34.5 Å². The number of carbonyl (C=O) groups excluding carboxylic acids is 1. The highest BCUT2D eigenvalue weighted by atomic mass is 32.2. The molecule has 0 saturated carbocycles. The van der Waals surface area contributed by atoms with Crippen molar-refractivity contribution < 1.29 is 17.9 Å². The molecule has 0 fully saturated rings. The maximum Gasteiger partial charge on any atom is 0.262 e. The lowest BCUT2D eigenvalue weighted by atomic mass is 9.95. The molecule has 1 aromatic heterocycles. The summed E-state index contributed by atoms with van der Waals surface area (Å²) in [6, 6.07) is 4.76. The molecular formula is C18H21N3O4S2. The second-order valence-electron chi connectivity index (χ2n) is 6.78. The Balaban J connectivity index is 1.71. The summed E-state index contributed by atoms with van der Waals surface area (Å²) >= 11 is 1.31. The number of carbonyl (C=O) groups is 1. The van der Waals surface area contributed by atoms with Crippen LogP contribution in [0.4, 0.5) is 10.7 Å². The van der Waals surface area contributed by atoms with E-state index in [1.807, 2.05) is 11.9 Å². The zero-order valence-electron chi connectivity index (χ0n) is 14.9. The summed E-state index contributed by atoms with van der Waals surface area (Å²) in [7, 11) is -1.96. The average molecular weight is 408 g/mol. The third kappa shape index (κ3) is 3.25. The largest absolute Gasteiger partial charge is 0.490 e. The lowest BCUT2D eigenvalue weighted by molar-refractivity contribution is 0.100. The minimum atomic E-state index is -3.86. The molecule has 0 bridgehead atoms. The first kappa shape index (κ1) is 18.1. The maximum absolute atomic E-state index is 13.0. The molecule has 0 spiro atoms. The number of likely N-dealkylation sites (N-methyl/N-ethyl adjacent to an activating group) is 1. The topological polar surface area (TPSA) is 102 Å². The van der Waals surface area contributed by atoms with E-state index in [9.17, 15) is 13.2 Å². The number of amides is 1. The van der Waals surface area contributed by atoms with E-state index in [2.05, 4.69) is 4.72 Å². The molecule has 0 atom stereocenters. The van der Waals surface area contributed by atoms with Crippen molar-refractivity contribution in [3.63, 3.8) is 0 Å². The molecule has 0 unspecified atom stereocenters. The smallest absolute Gasteiger partial charge is 0.262 e. The molecule has 4 rings (SSSR count). The minimum Gasteiger partial charge on any atom is -0.490 e. The van der Waals surface area contributed by atoms with Crippen LogP contribution in [-0.2, 0) is 22.9 Å². The molecule has 1 aliphatic heterocycles. The summed E-state index contributed by atoms with van der Waals surface area (Å²) in [5.41, 5.74) is 7.50. The first-order valence-corrected chi connectivity index (χ1v) is 11.1. The lowest BCUT2D eigenvalue weighted by Gasteiger charge is -2.28. The molecule has 1 aliphatic carbocycles. The Morgan fingerprint density at radius 2 is 2.07 bits per heavy atom. The van der Waals surface area contributed by atoms with Crippen molar-refractivity contribution in [1.82, 2.24) is 0 Å². The van der Waals surface area contributed by atoms with Gasteiger partial charge in [-0.25, -0.2) is 8.42 Å². The number of sulfonamides is 1. The Kier molecular flexibility index (Phi) is 4.51. The first-order valence-electron chi connectivity index (χ1n) is 8.82. The monoisotopic (exact) mass is 407 g/mol. The number of hydrogen-bond donors (Lipinski definition) is 2. The van der Waals surface area contributed by atoms with E-state index in [0.717, 1.165) is 41.8 Å². The van der Waals surface area contributed by atoms with Crippen molar-refractivity contribution in [3.8, 4) is 5.75 Å². The van der Waals surface area contributed by atoms with E-state index < -0.39 is 15.9 Å². The van der Waals surface area contributed by atoms with Gasteiger partial charge >= 0.3 is 0 Å². The van der Waals surface area contributed by atoms with E-state index in [4.69, 9.17) is 10.5 Å². The Labute approximate surface area is 162 Å². The van der Waals surface area contributed by atoms with Crippen LogP contribution in [0.1, 0.15) is 33.6 Å². The Bertz CT molecular complexity index is 1010. The fourth-order valence-electron chi connectivity index (χ4n) is 3.58. The van der Waals surface area contributed by atoms with Gasteiger partial charge in [-0.15, -0.1) is 11.3 Å². The van der Waals surface area contributed by atoms with Crippen molar-refractivity contribution >= 4 is 38.0 Å². The number of benzene rings is 1. The highest BCUT2D eigenvalue weighted by molar-refractivity contribution is 7.93. The number of ether oxygens (including phenoxy) is 1. The van der Waals surface area contributed by atoms with Crippen LogP contribution in [0.15, 0.2) is 23.1 Å². The fourth-order valence-corrected chi connectivity index (χ4v) is 6.20. The van der Waals surface area contributed by atoms with E-state index in [-0.39, 0.29) is 4.90 Å². The molecule has 27 heavy (non-hydrogen) atoms. The van der Waals surface area contributed by atoms with Crippen molar-refractivity contribution in [2.75, 3.05) is 29.8 Å². The predicted octanol–water partition coefficient (Wildman–Crippen LogP) is 2.36. The molecule has 0 saturated heterocycles. The molecular weight excluding hydrogens is 386 g/mol. The summed E-state index contributed by atoms with van der Waals surface area (Å²) in [5, 5.41) is 0.316. The SMILES string of the molecule is CN1CCOc2ccc(S(=O)(=O)Nc3sc4c(c3C(N)=O)CCCC4)cc21. The average Bonchev–Trinajstić information content (AvgIpc) is 2.99. The summed E-state index contributed by atoms with van der Waals surface area (Å²) in [4.78, 5) is 15.1. The standard InChI is InChI=1S/C18H21N3O4S2/c1-21-8-9-25-14-7-6-11(10-13(14)21)27(23,24)20-18-16(17(19)22)12-4-2-3-5-15(12)26-18/h6-7,10,20H,2-5,8-9H2,1H3,(H2,19,22). The van der Waals surface area contributed by atoms with Gasteiger partial charge in [-0.3, -0.25) is 9.52 Å². The van der Waals surface area contributed by atoms with Gasteiger partial charge in [0.2, 0.25) is 0 Å². The summed E-state index contributed by atoms with van der Waals surface area (Å²) < 4.78 is 34.1. The highest BCUT2D eigenvalue weighted by Crippen LogP contribution is 2.39. The van der Waals surface area contributed by atoms with Gasteiger partial charge in [-0.1, -0.05) is 0 Å². The quantitative estimate of drug-likeness (QED) is 0.810. The van der Waals surface area contributed by atoms with Crippen LogP contribution in [0.3, 0.4) is 0 Å². The van der Waals surface area contributed by atoms with Crippen LogP contribution < -0.4 is 20.1 Å². The van der Waals surface area contributed by atoms with Gasteiger partial charge in [0.25, 0.3) is 15.9 Å². The fraction of sp³-hybridized carbons (Fsp3) is 0.389. The number of anilines is 2. The van der Waals surface area contributed by atoms with E-state index in [0.29, 0.717) is 29.5 Å². The van der Waals surface area contributed by atoms with Gasteiger partial charge in [-0.05, 0) is 49.4 Å². The molecule has 9 heteroatoms. The Morgan fingerprint density at radius 1 is 1.30 bits per heavy atom. The second-order valence-corrected chi connectivity index (χ2v) is 9.57. The Morgan fingerprint density at radius 3 is 2.85 bits per heavy atom. The third-order valence-corrected chi connectivity index (χ3v) is 7.66. The highest BCUT2D eigenvalue weighted by Gasteiger charge is 2.28. The number of fused-ring (bicyclic) bond motifs is 2. The summed E-state index contributed by atoms with van der Waals surface area (Å²) in [6.07, 6.45) is 3.62. The normalized spacial score (nSPS) is 16.3. The van der Waals surface area contributed by atoms with Crippen LogP contribution in [0.5, 0.6) is 5.75 Å². The molecule has 2 aromatic rings. The molecule has 1 aromatic carbocycles. The van der Waals surface area contributed by atoms with Gasteiger partial charge in [-0.2, -0.15) is 0 Å². The Hall–Kier alpha value is -2.26. The van der Waals surface area contributed by atoms with E-state index in [1.54, 1.807) is 12.1 Å². The number of rotatable bonds is 4. The summed E-state index contributed by atoms with van der Waals surface area (Å²) in [5.74, 6) is 0.0674. The number of hydrogen-bond acceptors (Lipinski definition) is 6. The second kappa shape index (κ2) is 6.72. The van der Waals surface area contributed by atoms with Crippen LogP contribution in [0.25, 0.3) is 0 Å². The molecule has 7 nitrogen and oxygen atoms in total. The van der Waals surface area contributed by atoms with Crippen LogP contribution >= 0.6 is 11.3 Å². The van der Waals surface area contributed by atoms with Crippen molar-refractivity contribution in [3.05, 3.63) is 34.2 Å². The first-order chi connectivity index (χ1) is 12.9. The van der Waals surface area contributed by atoms with E-state index in [1.165, 1.54) is 17.4 Å². The van der Waals surface area contributed by atoms with Gasteiger partial charge in [0.15, 0.2) is 0 Å². The van der Waals surface area contributed by atoms with Gasteiger partial charge in [0, 0.05) is 11.9 Å². The summed E-state index contributed by atoms with van der Waals surface area (Å²) in [6.45, 7) is 1.25. The van der Waals surface area contributed by atoms with Gasteiger partial charge < -0.3 is 15.4 Å². The minimum absolute atomic E-state index is 0.125. The molecule has 1 amide bonds. The third-order valence-electron chi connectivity index (χ3n) is 4.98. The van der Waals surface area contributed by atoms with Crippen molar-refractivity contribution in [2.24, 2.45) is 5.73 Å². The molecule has 0 radical (unpaired) electrons. The zero-order chi connectivity index (χ0) is 19.2. The van der Waals surface area contributed by atoms with Gasteiger partial charge in [0.05, 0.1) is 22.7 Å². The molecule has 2 heterocycles. The van der Waals surface area contributed by atoms with E-state index >= 15 is 0 Å².